The second-order valence-corrected chi connectivity index (χ2v) is 6.99. The molecule has 2 rings (SSSR count). The molecule has 1 aromatic heterocycles. The molecule has 0 radical (unpaired) electrons. The van der Waals surface area contributed by atoms with Gasteiger partial charge in [-0.25, -0.2) is 18.1 Å². The normalized spacial score (nSPS) is 12.8. The molecule has 0 spiro atoms. The minimum absolute atomic E-state index is 0.0166. The molecular formula is C12H10ClN3O2S2. The van der Waals surface area contributed by atoms with E-state index >= 15 is 0 Å². The van der Waals surface area contributed by atoms with E-state index in [0.717, 1.165) is 0 Å². The van der Waals surface area contributed by atoms with E-state index < -0.39 is 16.1 Å². The first-order valence-corrected chi connectivity index (χ1v) is 8.29. The van der Waals surface area contributed by atoms with Gasteiger partial charge in [0.25, 0.3) is 0 Å². The van der Waals surface area contributed by atoms with Crippen molar-refractivity contribution in [3.8, 4) is 6.07 Å². The maximum Gasteiger partial charge on any atom is 0.242 e. The summed E-state index contributed by atoms with van der Waals surface area (Å²) in [5.41, 5.74) is 0.307. The number of nitriles is 1. The van der Waals surface area contributed by atoms with Crippen LogP contribution in [0.1, 0.15) is 23.5 Å². The summed E-state index contributed by atoms with van der Waals surface area (Å²) in [7, 11) is -3.77. The van der Waals surface area contributed by atoms with Crippen LogP contribution in [0.4, 0.5) is 0 Å². The Labute approximate surface area is 125 Å². The van der Waals surface area contributed by atoms with Crippen molar-refractivity contribution in [2.24, 2.45) is 0 Å². The predicted molar refractivity (Wildman–Crippen MR) is 77.0 cm³/mol. The lowest BCUT2D eigenvalue weighted by atomic mass is 10.2. The van der Waals surface area contributed by atoms with Crippen molar-refractivity contribution >= 4 is 33.0 Å². The first-order chi connectivity index (χ1) is 9.44. The lowest BCUT2D eigenvalue weighted by Gasteiger charge is -2.13. The third-order valence-corrected chi connectivity index (χ3v) is 5.49. The van der Waals surface area contributed by atoms with Crippen molar-refractivity contribution in [3.63, 3.8) is 0 Å². The number of rotatable bonds is 4. The van der Waals surface area contributed by atoms with Crippen LogP contribution in [0, 0.1) is 11.3 Å². The van der Waals surface area contributed by atoms with Crippen LogP contribution in [-0.2, 0) is 10.0 Å². The van der Waals surface area contributed by atoms with Crippen molar-refractivity contribution in [1.82, 2.24) is 9.71 Å². The minimum atomic E-state index is -3.77. The first kappa shape index (κ1) is 14.9. The Morgan fingerprint density at radius 2 is 2.25 bits per heavy atom. The predicted octanol–water partition coefficient (Wildman–Crippen LogP) is 2.71. The second kappa shape index (κ2) is 5.89. The van der Waals surface area contributed by atoms with E-state index in [4.69, 9.17) is 16.9 Å². The van der Waals surface area contributed by atoms with Crippen LogP contribution in [0.3, 0.4) is 0 Å². The summed E-state index contributed by atoms with van der Waals surface area (Å²) in [6.45, 7) is 1.70. The monoisotopic (exact) mass is 327 g/mol. The Balaban J connectivity index is 2.29. The molecule has 0 amide bonds. The van der Waals surface area contributed by atoms with E-state index in [0.29, 0.717) is 10.6 Å². The Morgan fingerprint density at radius 1 is 1.50 bits per heavy atom. The second-order valence-electron chi connectivity index (χ2n) is 3.97. The summed E-state index contributed by atoms with van der Waals surface area (Å²) in [5, 5.41) is 11.2. The van der Waals surface area contributed by atoms with Crippen molar-refractivity contribution in [2.45, 2.75) is 17.9 Å². The van der Waals surface area contributed by atoms with Crippen LogP contribution in [0.15, 0.2) is 34.7 Å². The number of nitrogens with one attached hydrogen (secondary N) is 1. The van der Waals surface area contributed by atoms with Gasteiger partial charge in [0.15, 0.2) is 0 Å². The Bertz CT molecular complexity index is 752. The number of aromatic nitrogens is 1. The molecule has 1 unspecified atom stereocenters. The zero-order chi connectivity index (χ0) is 14.8. The van der Waals surface area contributed by atoms with Gasteiger partial charge < -0.3 is 0 Å². The van der Waals surface area contributed by atoms with E-state index in [1.165, 1.54) is 29.5 Å². The summed E-state index contributed by atoms with van der Waals surface area (Å²) in [6.07, 6.45) is 1.61. The van der Waals surface area contributed by atoms with E-state index in [2.05, 4.69) is 9.71 Å². The molecule has 0 aliphatic heterocycles. The number of sulfonamides is 1. The van der Waals surface area contributed by atoms with Crippen molar-refractivity contribution < 1.29 is 8.42 Å². The van der Waals surface area contributed by atoms with E-state index in [9.17, 15) is 8.42 Å². The summed E-state index contributed by atoms with van der Waals surface area (Å²) in [5.74, 6) is 0. The van der Waals surface area contributed by atoms with Crippen LogP contribution in [0.25, 0.3) is 0 Å². The lowest BCUT2D eigenvalue weighted by molar-refractivity contribution is 0.566. The van der Waals surface area contributed by atoms with Gasteiger partial charge in [0, 0.05) is 11.6 Å². The smallest absolute Gasteiger partial charge is 0.242 e. The number of nitrogens with zero attached hydrogens (tertiary/aromatic N) is 2. The molecule has 20 heavy (non-hydrogen) atoms. The maximum atomic E-state index is 12.3. The Hall–Kier alpha value is -1.46. The molecule has 0 saturated carbocycles. The molecule has 104 valence electrons. The summed E-state index contributed by atoms with van der Waals surface area (Å²) in [4.78, 5) is 4.01. The van der Waals surface area contributed by atoms with Gasteiger partial charge in [-0.05, 0) is 25.1 Å². The maximum absolute atomic E-state index is 12.3. The molecular weight excluding hydrogens is 318 g/mol. The molecule has 0 saturated heterocycles. The van der Waals surface area contributed by atoms with Crippen LogP contribution in [0.5, 0.6) is 0 Å². The number of halogens is 1. The highest BCUT2D eigenvalue weighted by Gasteiger charge is 2.22. The standard InChI is InChI=1S/C12H10ClN3O2S2/c1-8(12-15-4-5-19-12)16-20(17,18)11-3-2-9(7-14)6-10(11)13/h2-6,8,16H,1H3. The van der Waals surface area contributed by atoms with Crippen LogP contribution in [0.2, 0.25) is 5.02 Å². The SMILES string of the molecule is CC(NS(=O)(=O)c1ccc(C#N)cc1Cl)c1nccs1. The highest BCUT2D eigenvalue weighted by atomic mass is 35.5. The molecule has 8 heteroatoms. The van der Waals surface area contributed by atoms with Gasteiger partial charge in [-0.1, -0.05) is 11.6 Å². The third-order valence-electron chi connectivity index (χ3n) is 2.50. The van der Waals surface area contributed by atoms with Gasteiger partial charge in [0.2, 0.25) is 10.0 Å². The average Bonchev–Trinajstić information content (AvgIpc) is 2.91. The summed E-state index contributed by atoms with van der Waals surface area (Å²) >= 11 is 7.28. The lowest BCUT2D eigenvalue weighted by Crippen LogP contribution is -2.27. The van der Waals surface area contributed by atoms with Crippen LogP contribution < -0.4 is 4.72 Å². The molecule has 5 nitrogen and oxygen atoms in total. The molecule has 1 heterocycles. The van der Waals surface area contributed by atoms with Crippen molar-refractivity contribution in [3.05, 3.63) is 45.4 Å². The third kappa shape index (κ3) is 3.16. The zero-order valence-electron chi connectivity index (χ0n) is 10.4. The average molecular weight is 328 g/mol. The van der Waals surface area contributed by atoms with Gasteiger partial charge in [-0.15, -0.1) is 11.3 Å². The molecule has 0 aliphatic carbocycles. The number of thiazole rings is 1. The largest absolute Gasteiger partial charge is 0.248 e. The fraction of sp³-hybridized carbons (Fsp3) is 0.167. The van der Waals surface area contributed by atoms with E-state index in [-0.39, 0.29) is 9.92 Å². The van der Waals surface area contributed by atoms with Gasteiger partial charge in [0.05, 0.1) is 22.7 Å². The molecule has 1 atom stereocenters. The quantitative estimate of drug-likeness (QED) is 0.935. The molecule has 0 bridgehead atoms. The highest BCUT2D eigenvalue weighted by Crippen LogP contribution is 2.25. The van der Waals surface area contributed by atoms with Gasteiger partial charge >= 0.3 is 0 Å². The highest BCUT2D eigenvalue weighted by molar-refractivity contribution is 7.89. The van der Waals surface area contributed by atoms with Crippen molar-refractivity contribution in [2.75, 3.05) is 0 Å². The van der Waals surface area contributed by atoms with E-state index in [1.54, 1.807) is 18.5 Å². The fourth-order valence-corrected chi connectivity index (χ4v) is 4.06. The number of hydrogen-bond donors (Lipinski definition) is 1. The molecule has 0 aliphatic rings. The first-order valence-electron chi connectivity index (χ1n) is 5.55. The Kier molecular flexibility index (Phi) is 4.40. The van der Waals surface area contributed by atoms with Gasteiger partial charge in [-0.2, -0.15) is 5.26 Å². The summed E-state index contributed by atoms with van der Waals surface area (Å²) < 4.78 is 27.0. The molecule has 0 fully saturated rings. The van der Waals surface area contributed by atoms with Crippen LogP contribution >= 0.6 is 22.9 Å². The molecule has 1 aromatic carbocycles. The molecule has 1 N–H and O–H groups in total. The zero-order valence-corrected chi connectivity index (χ0v) is 12.8. The van der Waals surface area contributed by atoms with Crippen molar-refractivity contribution in [1.29, 1.82) is 5.26 Å². The van der Waals surface area contributed by atoms with Gasteiger partial charge in [-0.3, -0.25) is 0 Å². The van der Waals surface area contributed by atoms with Crippen LogP contribution in [-0.4, -0.2) is 13.4 Å². The fourth-order valence-electron chi connectivity index (χ4n) is 1.58. The number of hydrogen-bond acceptors (Lipinski definition) is 5. The number of benzene rings is 1. The Morgan fingerprint density at radius 3 is 2.80 bits per heavy atom. The molecule has 2 aromatic rings. The van der Waals surface area contributed by atoms with E-state index in [1.807, 2.05) is 6.07 Å². The summed E-state index contributed by atoms with van der Waals surface area (Å²) in [6, 6.07) is 5.50. The minimum Gasteiger partial charge on any atom is -0.248 e. The topological polar surface area (TPSA) is 82.9 Å². The van der Waals surface area contributed by atoms with Gasteiger partial charge in [0.1, 0.15) is 9.90 Å².